The third-order valence-corrected chi connectivity index (χ3v) is 7.14. The molecular weight excluding hydrogens is 454 g/mol. The van der Waals surface area contributed by atoms with Gasteiger partial charge < -0.3 is 10.2 Å². The van der Waals surface area contributed by atoms with Crippen LogP contribution in [0.5, 0.6) is 0 Å². The van der Waals surface area contributed by atoms with E-state index < -0.39 is 15.9 Å². The smallest absolute Gasteiger partial charge is 0.251 e. The number of hydrogen-bond donors (Lipinski definition) is 1. The van der Waals surface area contributed by atoms with Crippen molar-refractivity contribution in [3.63, 3.8) is 0 Å². The van der Waals surface area contributed by atoms with Crippen LogP contribution in [0.3, 0.4) is 0 Å². The van der Waals surface area contributed by atoms with Crippen molar-refractivity contribution in [3.05, 3.63) is 50.6 Å². The quantitative estimate of drug-likeness (QED) is 0.667. The Morgan fingerprint density at radius 2 is 1.85 bits per heavy atom. The van der Waals surface area contributed by atoms with E-state index in [0.29, 0.717) is 6.54 Å². The first-order valence-electron chi connectivity index (χ1n) is 7.90. The maximum absolute atomic E-state index is 12.3. The molecule has 146 valence electrons. The number of halogens is 1. The summed E-state index contributed by atoms with van der Waals surface area (Å²) in [5.74, 6) is -0.753. The molecule has 0 radical (unpaired) electrons. The third-order valence-electron chi connectivity index (χ3n) is 3.72. The Bertz CT molecular complexity index is 941. The van der Waals surface area contributed by atoms with Crippen LogP contribution in [0.15, 0.2) is 45.1 Å². The highest BCUT2D eigenvalue weighted by Gasteiger charge is 2.19. The lowest BCUT2D eigenvalue weighted by molar-refractivity contribution is -0.129. The second-order valence-electron chi connectivity index (χ2n) is 5.95. The topological polar surface area (TPSA) is 86.8 Å². The molecule has 0 bridgehead atoms. The fourth-order valence-electron chi connectivity index (χ4n) is 2.16. The van der Waals surface area contributed by atoms with Gasteiger partial charge in [0.05, 0.1) is 21.8 Å². The van der Waals surface area contributed by atoms with Crippen LogP contribution in [0, 0.1) is 0 Å². The Kier molecular flexibility index (Phi) is 7.15. The monoisotopic (exact) mass is 473 g/mol. The minimum Gasteiger partial charge on any atom is -0.343 e. The van der Waals surface area contributed by atoms with Gasteiger partial charge in [0, 0.05) is 31.6 Å². The van der Waals surface area contributed by atoms with E-state index >= 15 is 0 Å². The van der Waals surface area contributed by atoms with Crippen LogP contribution >= 0.6 is 27.3 Å². The van der Waals surface area contributed by atoms with Crippen molar-refractivity contribution in [3.8, 4) is 0 Å². The van der Waals surface area contributed by atoms with Crippen LogP contribution in [0.1, 0.15) is 15.2 Å². The highest BCUT2D eigenvalue weighted by atomic mass is 79.9. The van der Waals surface area contributed by atoms with Crippen LogP contribution in [-0.2, 0) is 21.4 Å². The van der Waals surface area contributed by atoms with E-state index in [9.17, 15) is 18.0 Å². The minimum atomic E-state index is -3.63. The fourth-order valence-corrected chi connectivity index (χ4v) is 4.64. The predicted octanol–water partition coefficient (Wildman–Crippen LogP) is 2.15. The summed E-state index contributed by atoms with van der Waals surface area (Å²) < 4.78 is 26.4. The first-order chi connectivity index (χ1) is 12.6. The van der Waals surface area contributed by atoms with Crippen molar-refractivity contribution in [2.24, 2.45) is 0 Å². The number of nitrogens with one attached hydrogen (secondary N) is 1. The molecule has 0 unspecified atom stereocenters. The average Bonchev–Trinajstić information content (AvgIpc) is 3.03. The Labute approximate surface area is 171 Å². The highest BCUT2D eigenvalue weighted by Crippen LogP contribution is 2.23. The molecular formula is C17H20BrN3O4S2. The molecule has 0 fully saturated rings. The number of amides is 2. The van der Waals surface area contributed by atoms with Crippen LogP contribution in [0.2, 0.25) is 0 Å². The number of carbonyl (C=O) groups is 2. The number of thiophene rings is 1. The lowest BCUT2D eigenvalue weighted by atomic mass is 10.2. The molecule has 1 aromatic heterocycles. The van der Waals surface area contributed by atoms with Crippen LogP contribution in [0.4, 0.5) is 0 Å². The summed E-state index contributed by atoms with van der Waals surface area (Å²) in [6.45, 7) is 0.272. The molecule has 0 spiro atoms. The van der Waals surface area contributed by atoms with Crippen molar-refractivity contribution >= 4 is 49.1 Å². The number of rotatable bonds is 7. The maximum Gasteiger partial charge on any atom is 0.251 e. The Morgan fingerprint density at radius 3 is 2.44 bits per heavy atom. The lowest BCUT2D eigenvalue weighted by Crippen LogP contribution is -2.37. The first kappa shape index (κ1) is 21.5. The van der Waals surface area contributed by atoms with Gasteiger partial charge in [-0.15, -0.1) is 11.3 Å². The molecule has 2 rings (SSSR count). The zero-order valence-corrected chi connectivity index (χ0v) is 18.3. The highest BCUT2D eigenvalue weighted by molar-refractivity contribution is 9.11. The number of carbonyl (C=O) groups excluding carboxylic acids is 2. The van der Waals surface area contributed by atoms with Gasteiger partial charge in [-0.1, -0.05) is 6.07 Å². The van der Waals surface area contributed by atoms with Crippen molar-refractivity contribution in [2.45, 2.75) is 11.4 Å². The van der Waals surface area contributed by atoms with Crippen LogP contribution in [0.25, 0.3) is 0 Å². The molecule has 27 heavy (non-hydrogen) atoms. The molecule has 0 saturated heterocycles. The Balaban J connectivity index is 1.98. The summed E-state index contributed by atoms with van der Waals surface area (Å²) >= 11 is 4.91. The molecule has 0 aliphatic rings. The van der Waals surface area contributed by atoms with E-state index in [0.717, 1.165) is 13.0 Å². The zero-order chi connectivity index (χ0) is 20.2. The average molecular weight is 474 g/mol. The summed E-state index contributed by atoms with van der Waals surface area (Å²) in [7, 11) is 0.863. The third kappa shape index (κ3) is 5.61. The number of likely N-dealkylation sites (N-methyl/N-ethyl adjacent to an activating group) is 1. The molecule has 7 nitrogen and oxygen atoms in total. The molecule has 0 saturated carbocycles. The Hall–Kier alpha value is -1.75. The SMILES string of the molecule is CN(Cc1ccc(Br)s1)C(=O)CNC(=O)c1cccc(S(=O)(=O)N(C)C)c1. The standard InChI is InChI=1S/C17H20BrN3O4S2/c1-20(2)27(24,25)14-6-4-5-12(9-14)17(23)19-10-16(22)21(3)11-13-7-8-15(18)26-13/h4-9H,10-11H2,1-3H3,(H,19,23). The van der Waals surface area contributed by atoms with E-state index in [1.807, 2.05) is 12.1 Å². The van der Waals surface area contributed by atoms with Gasteiger partial charge >= 0.3 is 0 Å². The van der Waals surface area contributed by atoms with Gasteiger partial charge in [0.15, 0.2) is 0 Å². The van der Waals surface area contributed by atoms with Crippen molar-refractivity contribution in [2.75, 3.05) is 27.7 Å². The maximum atomic E-state index is 12.3. The molecule has 0 atom stereocenters. The zero-order valence-electron chi connectivity index (χ0n) is 15.1. The van der Waals surface area contributed by atoms with Gasteiger partial charge in [0.25, 0.3) is 5.91 Å². The van der Waals surface area contributed by atoms with E-state index in [2.05, 4.69) is 21.2 Å². The predicted molar refractivity (Wildman–Crippen MR) is 108 cm³/mol. The van der Waals surface area contributed by atoms with Crippen LogP contribution in [-0.4, -0.2) is 57.1 Å². The summed E-state index contributed by atoms with van der Waals surface area (Å²) in [4.78, 5) is 27.1. The molecule has 10 heteroatoms. The second kappa shape index (κ2) is 8.96. The number of benzene rings is 1. The lowest BCUT2D eigenvalue weighted by Gasteiger charge is -2.17. The number of sulfonamides is 1. The van der Waals surface area contributed by atoms with Gasteiger partial charge in [-0.2, -0.15) is 0 Å². The molecule has 1 heterocycles. The summed E-state index contributed by atoms with van der Waals surface area (Å²) in [5.41, 5.74) is 0.176. The normalized spacial score (nSPS) is 11.4. The fraction of sp³-hybridized carbons (Fsp3) is 0.294. The molecule has 0 aliphatic heterocycles. The summed E-state index contributed by atoms with van der Waals surface area (Å²) in [5, 5.41) is 2.53. The molecule has 0 aliphatic carbocycles. The van der Waals surface area contributed by atoms with Gasteiger partial charge in [-0.3, -0.25) is 9.59 Å². The van der Waals surface area contributed by atoms with E-state index in [4.69, 9.17) is 0 Å². The summed E-state index contributed by atoms with van der Waals surface area (Å²) in [6.07, 6.45) is 0. The molecule has 1 N–H and O–H groups in total. The minimum absolute atomic E-state index is 0.0202. The molecule has 2 amide bonds. The Morgan fingerprint density at radius 1 is 1.15 bits per heavy atom. The van der Waals surface area contributed by atoms with Gasteiger partial charge in [-0.05, 0) is 46.3 Å². The number of hydrogen-bond acceptors (Lipinski definition) is 5. The van der Waals surface area contributed by atoms with Gasteiger partial charge in [-0.25, -0.2) is 12.7 Å². The van der Waals surface area contributed by atoms with Gasteiger partial charge in [0.1, 0.15) is 0 Å². The van der Waals surface area contributed by atoms with E-state index in [1.165, 1.54) is 54.6 Å². The summed E-state index contributed by atoms with van der Waals surface area (Å²) in [6, 6.07) is 9.55. The van der Waals surface area contributed by atoms with Gasteiger partial charge in [0.2, 0.25) is 15.9 Å². The van der Waals surface area contributed by atoms with E-state index in [-0.39, 0.29) is 22.9 Å². The largest absolute Gasteiger partial charge is 0.343 e. The van der Waals surface area contributed by atoms with E-state index in [1.54, 1.807) is 7.05 Å². The number of nitrogens with zero attached hydrogens (tertiary/aromatic N) is 2. The first-order valence-corrected chi connectivity index (χ1v) is 10.9. The second-order valence-corrected chi connectivity index (χ2v) is 10.7. The van der Waals surface area contributed by atoms with Crippen LogP contribution < -0.4 is 5.32 Å². The molecule has 2 aromatic rings. The molecule has 1 aromatic carbocycles. The van der Waals surface area contributed by atoms with Crippen molar-refractivity contribution in [1.29, 1.82) is 0 Å². The van der Waals surface area contributed by atoms with Crippen molar-refractivity contribution < 1.29 is 18.0 Å². The van der Waals surface area contributed by atoms with Crippen molar-refractivity contribution in [1.82, 2.24) is 14.5 Å².